The quantitative estimate of drug-likeness (QED) is 0.687. The Morgan fingerprint density at radius 1 is 1.54 bits per heavy atom. The molecule has 3 heteroatoms. The third-order valence-electron chi connectivity index (χ3n) is 2.77. The van der Waals surface area contributed by atoms with Crippen molar-refractivity contribution in [3.8, 4) is 0 Å². The number of piperidine rings is 1. The minimum atomic E-state index is 0.302. The lowest BCUT2D eigenvalue weighted by Crippen LogP contribution is -2.44. The number of hydrogen-bond acceptors (Lipinski definition) is 1. The number of amides is 1. The molecule has 0 aromatic carbocycles. The van der Waals surface area contributed by atoms with Crippen LogP contribution >= 0.6 is 15.9 Å². The predicted octanol–water partition coefficient (Wildman–Crippen LogP) is 2.42. The zero-order valence-corrected chi connectivity index (χ0v) is 10.0. The van der Waals surface area contributed by atoms with Crippen molar-refractivity contribution in [1.29, 1.82) is 0 Å². The predicted molar refractivity (Wildman–Crippen MR) is 58.0 cm³/mol. The van der Waals surface area contributed by atoms with Crippen LogP contribution < -0.4 is 0 Å². The van der Waals surface area contributed by atoms with E-state index in [4.69, 9.17) is 0 Å². The summed E-state index contributed by atoms with van der Waals surface area (Å²) in [5, 5.41) is 0.782. The number of alkyl halides is 1. The molecule has 2 nitrogen and oxygen atoms in total. The number of likely N-dealkylation sites (tertiary alicyclic amines) is 1. The molecule has 0 N–H and O–H groups in total. The van der Waals surface area contributed by atoms with Crippen LogP contribution in [0.15, 0.2) is 0 Å². The van der Waals surface area contributed by atoms with Gasteiger partial charge in [0.15, 0.2) is 0 Å². The van der Waals surface area contributed by atoms with Crippen LogP contribution in [0, 0.1) is 5.92 Å². The highest BCUT2D eigenvalue weighted by Crippen LogP contribution is 2.22. The van der Waals surface area contributed by atoms with Crippen molar-refractivity contribution < 1.29 is 4.79 Å². The van der Waals surface area contributed by atoms with E-state index in [1.165, 1.54) is 6.42 Å². The molecular formula is C10H18BrNO. The van der Waals surface area contributed by atoms with Gasteiger partial charge in [-0.2, -0.15) is 0 Å². The van der Waals surface area contributed by atoms with Crippen molar-refractivity contribution >= 4 is 21.8 Å². The summed E-state index contributed by atoms with van der Waals surface area (Å²) < 4.78 is 0. The summed E-state index contributed by atoms with van der Waals surface area (Å²) in [6.45, 7) is 5.37. The molecule has 1 saturated heterocycles. The minimum absolute atomic E-state index is 0.302. The van der Waals surface area contributed by atoms with E-state index in [0.717, 1.165) is 24.2 Å². The molecule has 2 unspecified atom stereocenters. The lowest BCUT2D eigenvalue weighted by Gasteiger charge is -2.36. The van der Waals surface area contributed by atoms with Crippen molar-refractivity contribution in [2.75, 3.05) is 11.9 Å². The first kappa shape index (κ1) is 11.0. The Morgan fingerprint density at radius 2 is 2.23 bits per heavy atom. The summed E-state index contributed by atoms with van der Waals surface area (Å²) in [7, 11) is 0. The summed E-state index contributed by atoms with van der Waals surface area (Å²) in [5.74, 6) is 1.08. The molecular weight excluding hydrogens is 230 g/mol. The number of carbonyl (C=O) groups is 1. The maximum absolute atomic E-state index is 11.6. The molecule has 0 aromatic heterocycles. The molecule has 1 aliphatic rings. The van der Waals surface area contributed by atoms with Crippen molar-refractivity contribution in [2.45, 2.75) is 39.2 Å². The lowest BCUT2D eigenvalue weighted by atomic mass is 9.93. The van der Waals surface area contributed by atoms with Gasteiger partial charge in [-0.05, 0) is 25.7 Å². The van der Waals surface area contributed by atoms with Crippen LogP contribution in [0.25, 0.3) is 0 Å². The monoisotopic (exact) mass is 247 g/mol. The average Bonchev–Trinajstić information content (AvgIpc) is 2.04. The molecule has 1 fully saturated rings. The van der Waals surface area contributed by atoms with E-state index in [1.807, 2.05) is 4.90 Å². The molecule has 1 rings (SSSR count). The second-order valence-corrected chi connectivity index (χ2v) is 4.80. The second kappa shape index (κ2) is 4.99. The average molecular weight is 248 g/mol. The van der Waals surface area contributed by atoms with Crippen molar-refractivity contribution in [3.63, 3.8) is 0 Å². The summed E-state index contributed by atoms with van der Waals surface area (Å²) in [4.78, 5) is 13.6. The van der Waals surface area contributed by atoms with E-state index >= 15 is 0 Å². The fourth-order valence-corrected chi connectivity index (χ4v) is 2.34. The van der Waals surface area contributed by atoms with Crippen LogP contribution in [0.5, 0.6) is 0 Å². The first-order chi connectivity index (χ1) is 6.15. The molecule has 0 radical (unpaired) electrons. The van der Waals surface area contributed by atoms with Gasteiger partial charge in [-0.3, -0.25) is 4.79 Å². The number of carbonyl (C=O) groups excluding carboxylic acids is 1. The van der Waals surface area contributed by atoms with E-state index in [9.17, 15) is 4.79 Å². The standard InChI is InChI=1S/C10H18BrNO/c1-8-4-6-12(9(2)7-8)10(13)3-5-11/h8-9H,3-7H2,1-2H3. The van der Waals surface area contributed by atoms with Crippen LogP contribution in [0.4, 0.5) is 0 Å². The number of hydrogen-bond donors (Lipinski definition) is 0. The fraction of sp³-hybridized carbons (Fsp3) is 0.900. The van der Waals surface area contributed by atoms with Crippen LogP contribution in [-0.4, -0.2) is 28.7 Å². The summed E-state index contributed by atoms with van der Waals surface area (Å²) >= 11 is 3.30. The first-order valence-electron chi connectivity index (χ1n) is 5.00. The highest BCUT2D eigenvalue weighted by molar-refractivity contribution is 9.09. The van der Waals surface area contributed by atoms with E-state index in [-0.39, 0.29) is 0 Å². The largest absolute Gasteiger partial charge is 0.340 e. The Bertz CT molecular complexity index is 184. The number of halogens is 1. The third kappa shape index (κ3) is 2.97. The second-order valence-electron chi connectivity index (χ2n) is 4.00. The van der Waals surface area contributed by atoms with Gasteiger partial charge >= 0.3 is 0 Å². The highest BCUT2D eigenvalue weighted by Gasteiger charge is 2.25. The van der Waals surface area contributed by atoms with E-state index in [0.29, 0.717) is 18.4 Å². The minimum Gasteiger partial charge on any atom is -0.340 e. The maximum atomic E-state index is 11.6. The van der Waals surface area contributed by atoms with Crippen LogP contribution in [0.2, 0.25) is 0 Å². The third-order valence-corrected chi connectivity index (χ3v) is 3.16. The summed E-state index contributed by atoms with van der Waals surface area (Å²) in [6, 6.07) is 0.440. The normalized spacial score (nSPS) is 29.0. The molecule has 2 atom stereocenters. The molecule has 1 amide bonds. The molecule has 0 aliphatic carbocycles. The van der Waals surface area contributed by atoms with Gasteiger partial charge in [-0.15, -0.1) is 0 Å². The Hall–Kier alpha value is -0.0500. The van der Waals surface area contributed by atoms with E-state index in [2.05, 4.69) is 29.8 Å². The van der Waals surface area contributed by atoms with Crippen molar-refractivity contribution in [2.24, 2.45) is 5.92 Å². The zero-order valence-electron chi connectivity index (χ0n) is 8.42. The van der Waals surface area contributed by atoms with E-state index in [1.54, 1.807) is 0 Å². The van der Waals surface area contributed by atoms with Crippen LogP contribution in [0.1, 0.15) is 33.1 Å². The zero-order chi connectivity index (χ0) is 9.84. The molecule has 1 aliphatic heterocycles. The molecule has 76 valence electrons. The first-order valence-corrected chi connectivity index (χ1v) is 6.12. The Labute approximate surface area is 88.8 Å². The van der Waals surface area contributed by atoms with Gasteiger partial charge in [0.25, 0.3) is 0 Å². The van der Waals surface area contributed by atoms with Crippen molar-refractivity contribution in [3.05, 3.63) is 0 Å². The molecule has 0 bridgehead atoms. The smallest absolute Gasteiger partial charge is 0.223 e. The van der Waals surface area contributed by atoms with Crippen molar-refractivity contribution in [1.82, 2.24) is 4.90 Å². The topological polar surface area (TPSA) is 20.3 Å². The van der Waals surface area contributed by atoms with E-state index < -0.39 is 0 Å². The molecule has 0 spiro atoms. The Balaban J connectivity index is 2.45. The maximum Gasteiger partial charge on any atom is 0.223 e. The Kier molecular flexibility index (Phi) is 4.23. The fourth-order valence-electron chi connectivity index (χ4n) is 2.00. The molecule has 13 heavy (non-hydrogen) atoms. The van der Waals surface area contributed by atoms with Crippen LogP contribution in [0.3, 0.4) is 0 Å². The SMILES string of the molecule is CC1CCN(C(=O)CCBr)C(C)C1. The summed E-state index contributed by atoms with van der Waals surface area (Å²) in [5.41, 5.74) is 0. The number of nitrogens with zero attached hydrogens (tertiary/aromatic N) is 1. The highest BCUT2D eigenvalue weighted by atomic mass is 79.9. The number of rotatable bonds is 2. The van der Waals surface area contributed by atoms with Gasteiger partial charge in [0.05, 0.1) is 0 Å². The van der Waals surface area contributed by atoms with Gasteiger partial charge in [0, 0.05) is 24.3 Å². The van der Waals surface area contributed by atoms with Gasteiger partial charge in [-0.1, -0.05) is 22.9 Å². The molecule has 1 heterocycles. The van der Waals surface area contributed by atoms with Gasteiger partial charge in [-0.25, -0.2) is 0 Å². The van der Waals surface area contributed by atoms with Gasteiger partial charge in [0.2, 0.25) is 5.91 Å². The molecule has 0 aromatic rings. The lowest BCUT2D eigenvalue weighted by molar-refractivity contribution is -0.134. The summed E-state index contributed by atoms with van der Waals surface area (Å²) in [6.07, 6.45) is 2.96. The van der Waals surface area contributed by atoms with Gasteiger partial charge in [0.1, 0.15) is 0 Å². The molecule has 0 saturated carbocycles. The van der Waals surface area contributed by atoms with Crippen LogP contribution in [-0.2, 0) is 4.79 Å². The Morgan fingerprint density at radius 3 is 2.77 bits per heavy atom. The van der Waals surface area contributed by atoms with Gasteiger partial charge < -0.3 is 4.90 Å².